The smallest absolute Gasteiger partial charge is 0.155 e. The number of aliphatic hydroxyl groups excluding tert-OH is 1. The number of rotatable bonds is 1. The molecule has 0 bridgehead atoms. The van der Waals surface area contributed by atoms with Crippen molar-refractivity contribution in [2.75, 3.05) is 6.61 Å². The van der Waals surface area contributed by atoms with E-state index < -0.39 is 12.3 Å². The fourth-order valence-electron chi connectivity index (χ4n) is 7.02. The molecule has 136 valence electrons. The van der Waals surface area contributed by atoms with Crippen molar-refractivity contribution in [1.82, 2.24) is 0 Å². The van der Waals surface area contributed by atoms with Crippen LogP contribution in [0.5, 0.6) is 0 Å². The van der Waals surface area contributed by atoms with Crippen LogP contribution in [0.15, 0.2) is 23.3 Å². The third kappa shape index (κ3) is 2.07. The van der Waals surface area contributed by atoms with Crippen molar-refractivity contribution < 1.29 is 19.0 Å². The van der Waals surface area contributed by atoms with Crippen molar-refractivity contribution in [3.05, 3.63) is 23.3 Å². The van der Waals surface area contributed by atoms with E-state index in [0.717, 1.165) is 19.4 Å². The Morgan fingerprint density at radius 3 is 2.76 bits per heavy atom. The second-order valence-corrected chi connectivity index (χ2v) is 9.39. The van der Waals surface area contributed by atoms with Gasteiger partial charge in [0.15, 0.2) is 5.78 Å². The van der Waals surface area contributed by atoms with Crippen molar-refractivity contribution >= 4 is 5.78 Å². The lowest BCUT2D eigenvalue weighted by molar-refractivity contribution is -0.131. The Bertz CT molecular complexity index is 693. The highest BCUT2D eigenvalue weighted by molar-refractivity contribution is 5.91. The number of hydrogen-bond acceptors (Lipinski definition) is 3. The van der Waals surface area contributed by atoms with E-state index in [-0.39, 0.29) is 34.6 Å². The quantitative estimate of drug-likeness (QED) is 0.585. The molecule has 25 heavy (non-hydrogen) atoms. The lowest BCUT2D eigenvalue weighted by atomic mass is 9.45. The van der Waals surface area contributed by atoms with E-state index >= 15 is 4.39 Å². The van der Waals surface area contributed by atoms with Gasteiger partial charge in [0.25, 0.3) is 0 Å². The van der Waals surface area contributed by atoms with Crippen LogP contribution in [0, 0.1) is 28.6 Å². The minimum absolute atomic E-state index is 0.0411. The number of carbonyl (C=O) groups excluding carboxylic acids is 1. The third-order valence-electron chi connectivity index (χ3n) is 8.19. The highest BCUT2D eigenvalue weighted by Gasteiger charge is 2.63. The second-order valence-electron chi connectivity index (χ2n) is 9.39. The first-order valence-corrected chi connectivity index (χ1v) is 9.74. The zero-order chi connectivity index (χ0) is 17.6. The maximum atomic E-state index is 15.1. The predicted octanol–water partition coefficient (Wildman–Crippen LogP) is 3.37. The Morgan fingerprint density at radius 2 is 2.04 bits per heavy atom. The van der Waals surface area contributed by atoms with Gasteiger partial charge in [0.1, 0.15) is 12.3 Å². The molecule has 0 radical (unpaired) electrons. The van der Waals surface area contributed by atoms with Crippen molar-refractivity contribution in [1.29, 1.82) is 0 Å². The van der Waals surface area contributed by atoms with Gasteiger partial charge in [0, 0.05) is 6.42 Å². The molecule has 0 amide bonds. The summed E-state index contributed by atoms with van der Waals surface area (Å²) in [6.07, 6.45) is 5.90. The van der Waals surface area contributed by atoms with Crippen LogP contribution in [0.2, 0.25) is 0 Å². The average molecular weight is 346 g/mol. The standard InChI is InChI=1S/C21H27FO3/c1-20-6-5-11(23)7-15(20)16(22)8-12-13-3-4-14(18-10-25-18)21(13,2)9-17(24)19(12)20/h4,7,12-13,16-19,24H,3,5-6,8-10H2,1-2H3/t12-,13-,16-,17-,18?,19+,20-,21-/m0/s1. The number of ketones is 1. The lowest BCUT2D eigenvalue weighted by Crippen LogP contribution is -2.58. The Balaban J connectivity index is 1.55. The largest absolute Gasteiger partial charge is 0.393 e. The molecule has 3 fully saturated rings. The van der Waals surface area contributed by atoms with Gasteiger partial charge in [-0.15, -0.1) is 0 Å². The summed E-state index contributed by atoms with van der Waals surface area (Å²) in [5.41, 5.74) is 1.55. The molecule has 1 unspecified atom stereocenters. The Morgan fingerprint density at radius 1 is 1.28 bits per heavy atom. The normalized spacial score (nSPS) is 54.2. The first kappa shape index (κ1) is 16.2. The van der Waals surface area contributed by atoms with E-state index in [1.165, 1.54) is 5.57 Å². The highest BCUT2D eigenvalue weighted by Crippen LogP contribution is 2.66. The first-order chi connectivity index (χ1) is 11.8. The molecule has 8 atom stereocenters. The average Bonchev–Trinajstić information content (AvgIpc) is 3.31. The molecule has 5 aliphatic rings. The number of halogens is 1. The zero-order valence-corrected chi connectivity index (χ0v) is 15.0. The SMILES string of the molecule is C[C@]12CCC(=O)C=C1[C@@H](F)C[C@@H]1[C@@H]2[C@@H](O)C[C@]2(C)C(C3CO3)=CC[C@@H]12. The number of ether oxygens (including phenoxy) is 1. The maximum Gasteiger partial charge on any atom is 0.155 e. The van der Waals surface area contributed by atoms with E-state index in [4.69, 9.17) is 4.74 Å². The molecule has 4 heteroatoms. The van der Waals surface area contributed by atoms with Crippen LogP contribution in [0.25, 0.3) is 0 Å². The van der Waals surface area contributed by atoms with Gasteiger partial charge in [-0.25, -0.2) is 4.39 Å². The predicted molar refractivity (Wildman–Crippen MR) is 91.6 cm³/mol. The molecule has 1 aliphatic heterocycles. The van der Waals surface area contributed by atoms with Crippen LogP contribution in [0.4, 0.5) is 4.39 Å². The number of epoxide rings is 1. The molecule has 2 saturated carbocycles. The first-order valence-electron chi connectivity index (χ1n) is 9.74. The number of allylic oxidation sites excluding steroid dienone is 3. The summed E-state index contributed by atoms with van der Waals surface area (Å²) in [5.74, 6) is 0.658. The zero-order valence-electron chi connectivity index (χ0n) is 15.0. The van der Waals surface area contributed by atoms with Crippen LogP contribution in [0.1, 0.15) is 46.0 Å². The third-order valence-corrected chi connectivity index (χ3v) is 8.19. The van der Waals surface area contributed by atoms with Crippen molar-refractivity contribution in [3.8, 4) is 0 Å². The topological polar surface area (TPSA) is 49.8 Å². The van der Waals surface area contributed by atoms with Gasteiger partial charge in [-0.1, -0.05) is 19.9 Å². The van der Waals surface area contributed by atoms with E-state index in [1.54, 1.807) is 6.08 Å². The van der Waals surface area contributed by atoms with Crippen LogP contribution in [-0.2, 0) is 9.53 Å². The number of carbonyl (C=O) groups is 1. The Kier molecular flexibility index (Phi) is 3.26. The summed E-state index contributed by atoms with van der Waals surface area (Å²) in [5, 5.41) is 11.2. The monoisotopic (exact) mass is 346 g/mol. The molecule has 1 N–H and O–H groups in total. The Labute approximate surface area is 148 Å². The summed E-state index contributed by atoms with van der Waals surface area (Å²) < 4.78 is 20.7. The summed E-state index contributed by atoms with van der Waals surface area (Å²) in [7, 11) is 0. The summed E-state index contributed by atoms with van der Waals surface area (Å²) >= 11 is 0. The van der Waals surface area contributed by atoms with Crippen LogP contribution >= 0.6 is 0 Å². The molecule has 0 aromatic carbocycles. The fraction of sp³-hybridized carbons (Fsp3) is 0.762. The van der Waals surface area contributed by atoms with Gasteiger partial charge in [-0.05, 0) is 71.5 Å². The summed E-state index contributed by atoms with van der Waals surface area (Å²) in [6.45, 7) is 5.13. The van der Waals surface area contributed by atoms with Crippen LogP contribution in [-0.4, -0.2) is 35.9 Å². The number of alkyl halides is 1. The Hall–Kier alpha value is -1.00. The van der Waals surface area contributed by atoms with Crippen molar-refractivity contribution in [2.24, 2.45) is 28.6 Å². The molecule has 1 heterocycles. The second kappa shape index (κ2) is 5.04. The molecule has 4 aliphatic carbocycles. The van der Waals surface area contributed by atoms with Gasteiger partial charge >= 0.3 is 0 Å². The number of fused-ring (bicyclic) bond motifs is 5. The molecule has 0 spiro atoms. The van der Waals surface area contributed by atoms with Crippen LogP contribution < -0.4 is 0 Å². The fourth-order valence-corrected chi connectivity index (χ4v) is 7.02. The van der Waals surface area contributed by atoms with Gasteiger partial charge in [0.05, 0.1) is 12.7 Å². The summed E-state index contributed by atoms with van der Waals surface area (Å²) in [6, 6.07) is 0. The van der Waals surface area contributed by atoms with Crippen molar-refractivity contribution in [3.63, 3.8) is 0 Å². The van der Waals surface area contributed by atoms with Gasteiger partial charge in [-0.3, -0.25) is 4.79 Å². The van der Waals surface area contributed by atoms with Gasteiger partial charge < -0.3 is 9.84 Å². The lowest BCUT2D eigenvalue weighted by Gasteiger charge is -2.60. The highest BCUT2D eigenvalue weighted by atomic mass is 19.1. The number of hydrogen-bond donors (Lipinski definition) is 1. The molecular formula is C21H27FO3. The van der Waals surface area contributed by atoms with E-state index in [1.807, 2.05) is 0 Å². The molecule has 0 aromatic heterocycles. The summed E-state index contributed by atoms with van der Waals surface area (Å²) in [4.78, 5) is 11.9. The van der Waals surface area contributed by atoms with Crippen molar-refractivity contribution in [2.45, 2.75) is 64.3 Å². The van der Waals surface area contributed by atoms with E-state index in [9.17, 15) is 9.90 Å². The minimum atomic E-state index is -1.05. The molecule has 0 aromatic rings. The molecule has 3 nitrogen and oxygen atoms in total. The van der Waals surface area contributed by atoms with E-state index in [2.05, 4.69) is 19.9 Å². The maximum absolute atomic E-state index is 15.1. The van der Waals surface area contributed by atoms with Crippen LogP contribution in [0.3, 0.4) is 0 Å². The van der Waals surface area contributed by atoms with E-state index in [0.29, 0.717) is 30.8 Å². The van der Waals surface area contributed by atoms with Gasteiger partial charge in [0.2, 0.25) is 0 Å². The number of aliphatic hydroxyl groups is 1. The molecular weight excluding hydrogens is 319 g/mol. The minimum Gasteiger partial charge on any atom is -0.393 e. The van der Waals surface area contributed by atoms with Gasteiger partial charge in [-0.2, -0.15) is 0 Å². The molecule has 5 rings (SSSR count). The molecule has 1 saturated heterocycles.